The van der Waals surface area contributed by atoms with Crippen molar-refractivity contribution in [1.29, 1.82) is 0 Å². The molecular formula is C18H30N4O3S2. The molecular weight excluding hydrogens is 384 g/mol. The monoisotopic (exact) mass is 414 g/mol. The molecule has 1 N–H and O–H groups in total. The summed E-state index contributed by atoms with van der Waals surface area (Å²) in [6.07, 6.45) is 2.35. The number of nitrogens with one attached hydrogen (secondary N) is 1. The van der Waals surface area contributed by atoms with Crippen LogP contribution < -0.4 is 5.32 Å². The van der Waals surface area contributed by atoms with Crippen LogP contribution in [0.4, 0.5) is 0 Å². The number of piperazine rings is 1. The lowest BCUT2D eigenvalue weighted by molar-refractivity contribution is -0.131. The zero-order valence-electron chi connectivity index (χ0n) is 16.0. The molecule has 2 fully saturated rings. The van der Waals surface area contributed by atoms with Crippen LogP contribution in [-0.4, -0.2) is 86.8 Å². The Bertz CT molecular complexity index is 702. The molecule has 27 heavy (non-hydrogen) atoms. The molecule has 0 aliphatic carbocycles. The summed E-state index contributed by atoms with van der Waals surface area (Å²) in [5, 5.41) is 5.02. The number of likely N-dealkylation sites (N-methyl/N-ethyl adjacent to an activating group) is 1. The van der Waals surface area contributed by atoms with Gasteiger partial charge in [0.25, 0.3) is 10.0 Å². The number of hydrogen-bond acceptors (Lipinski definition) is 6. The standard InChI is InChI=1S/C18H30N4O3S2/c1-2-20-10-3-5-16(20)15-22(27(24,25)18-6-4-14-26-18)11-7-17(23)21-12-8-19-9-13-21/h4,6,14,16,19H,2-3,5,7-13,15H2,1H3. The SMILES string of the molecule is CCN1CCCC1CN(CCC(=O)N1CCNCC1)S(=O)(=O)c1cccs1. The summed E-state index contributed by atoms with van der Waals surface area (Å²) in [5.74, 6) is 0.0432. The fourth-order valence-corrected chi connectivity index (χ4v) is 6.52. The summed E-state index contributed by atoms with van der Waals surface area (Å²) < 4.78 is 28.2. The zero-order chi connectivity index (χ0) is 19.3. The van der Waals surface area contributed by atoms with Crippen LogP contribution in [0.15, 0.2) is 21.7 Å². The predicted octanol–water partition coefficient (Wildman–Crippen LogP) is 1.05. The number of likely N-dealkylation sites (tertiary alicyclic amines) is 1. The average molecular weight is 415 g/mol. The fourth-order valence-electron chi connectivity index (χ4n) is 3.89. The molecule has 2 aliphatic rings. The van der Waals surface area contributed by atoms with Crippen LogP contribution in [-0.2, 0) is 14.8 Å². The van der Waals surface area contributed by atoms with Crippen LogP contribution in [0.2, 0.25) is 0 Å². The molecule has 9 heteroatoms. The van der Waals surface area contributed by atoms with Gasteiger partial charge in [-0.05, 0) is 37.4 Å². The van der Waals surface area contributed by atoms with Gasteiger partial charge in [-0.1, -0.05) is 13.0 Å². The number of nitrogens with zero attached hydrogens (tertiary/aromatic N) is 3. The molecule has 7 nitrogen and oxygen atoms in total. The molecule has 0 spiro atoms. The number of amides is 1. The molecule has 0 aromatic carbocycles. The summed E-state index contributed by atoms with van der Waals surface area (Å²) in [6, 6.07) is 3.64. The Balaban J connectivity index is 1.70. The van der Waals surface area contributed by atoms with Crippen molar-refractivity contribution in [2.75, 3.05) is 52.4 Å². The highest BCUT2D eigenvalue weighted by molar-refractivity contribution is 7.91. The predicted molar refractivity (Wildman–Crippen MR) is 107 cm³/mol. The first-order valence-corrected chi connectivity index (χ1v) is 12.1. The quantitative estimate of drug-likeness (QED) is 0.688. The van der Waals surface area contributed by atoms with Gasteiger partial charge in [0, 0.05) is 51.7 Å². The highest BCUT2D eigenvalue weighted by Crippen LogP contribution is 2.25. The van der Waals surface area contributed by atoms with E-state index in [0.29, 0.717) is 23.8 Å². The van der Waals surface area contributed by atoms with Crippen LogP contribution in [0.25, 0.3) is 0 Å². The molecule has 1 aromatic heterocycles. The Kier molecular flexibility index (Phi) is 7.27. The number of hydrogen-bond donors (Lipinski definition) is 1. The maximum absolute atomic E-state index is 13.1. The topological polar surface area (TPSA) is 73.0 Å². The van der Waals surface area contributed by atoms with Gasteiger partial charge in [0.2, 0.25) is 5.91 Å². The van der Waals surface area contributed by atoms with E-state index < -0.39 is 10.0 Å². The summed E-state index contributed by atoms with van der Waals surface area (Å²) in [4.78, 5) is 16.7. The summed E-state index contributed by atoms with van der Waals surface area (Å²) >= 11 is 1.24. The van der Waals surface area contributed by atoms with Gasteiger partial charge in [-0.25, -0.2) is 8.42 Å². The van der Waals surface area contributed by atoms with Gasteiger partial charge in [0.05, 0.1) is 0 Å². The Morgan fingerprint density at radius 2 is 2.11 bits per heavy atom. The highest BCUT2D eigenvalue weighted by atomic mass is 32.2. The van der Waals surface area contributed by atoms with E-state index in [1.807, 2.05) is 4.90 Å². The lowest BCUT2D eigenvalue weighted by Gasteiger charge is -2.31. The summed E-state index contributed by atoms with van der Waals surface area (Å²) in [6.45, 7) is 7.77. The molecule has 0 radical (unpaired) electrons. The third-order valence-electron chi connectivity index (χ3n) is 5.45. The van der Waals surface area contributed by atoms with Crippen LogP contribution in [0.5, 0.6) is 0 Å². The first kappa shape index (κ1) is 20.7. The smallest absolute Gasteiger partial charge is 0.252 e. The maximum Gasteiger partial charge on any atom is 0.252 e. The Hall–Kier alpha value is -1.00. The van der Waals surface area contributed by atoms with Gasteiger partial charge in [-0.2, -0.15) is 4.31 Å². The number of rotatable bonds is 8. The summed E-state index contributed by atoms with van der Waals surface area (Å²) in [5.41, 5.74) is 0. The van der Waals surface area contributed by atoms with E-state index in [9.17, 15) is 13.2 Å². The molecule has 1 amide bonds. The Morgan fingerprint density at radius 1 is 1.33 bits per heavy atom. The van der Waals surface area contributed by atoms with Gasteiger partial charge in [-0.3, -0.25) is 9.69 Å². The molecule has 1 atom stereocenters. The molecule has 3 heterocycles. The Morgan fingerprint density at radius 3 is 2.78 bits per heavy atom. The molecule has 1 unspecified atom stereocenters. The van der Waals surface area contributed by atoms with Crippen LogP contribution >= 0.6 is 11.3 Å². The largest absolute Gasteiger partial charge is 0.340 e. The number of thiophene rings is 1. The van der Waals surface area contributed by atoms with Crippen molar-refractivity contribution < 1.29 is 13.2 Å². The molecule has 1 aromatic rings. The fraction of sp³-hybridized carbons (Fsp3) is 0.722. The van der Waals surface area contributed by atoms with E-state index in [1.54, 1.807) is 17.5 Å². The second-order valence-electron chi connectivity index (χ2n) is 7.10. The van der Waals surface area contributed by atoms with Crippen LogP contribution in [0, 0.1) is 0 Å². The van der Waals surface area contributed by atoms with E-state index in [0.717, 1.165) is 39.0 Å². The lowest BCUT2D eigenvalue weighted by Crippen LogP contribution is -2.48. The van der Waals surface area contributed by atoms with E-state index >= 15 is 0 Å². The first-order valence-electron chi connectivity index (χ1n) is 9.78. The van der Waals surface area contributed by atoms with Crippen molar-refractivity contribution in [2.45, 2.75) is 36.4 Å². The lowest BCUT2D eigenvalue weighted by atomic mass is 10.2. The number of carbonyl (C=O) groups is 1. The van der Waals surface area contributed by atoms with E-state index in [1.165, 1.54) is 15.6 Å². The third-order valence-corrected chi connectivity index (χ3v) is 8.69. The first-order chi connectivity index (χ1) is 13.0. The molecule has 0 saturated carbocycles. The molecule has 2 saturated heterocycles. The average Bonchev–Trinajstić information content (AvgIpc) is 3.37. The van der Waals surface area contributed by atoms with Crippen molar-refractivity contribution in [1.82, 2.24) is 19.4 Å². The highest BCUT2D eigenvalue weighted by Gasteiger charge is 2.32. The zero-order valence-corrected chi connectivity index (χ0v) is 17.6. The van der Waals surface area contributed by atoms with Gasteiger partial charge in [0.15, 0.2) is 0 Å². The van der Waals surface area contributed by atoms with E-state index in [2.05, 4.69) is 17.1 Å². The minimum absolute atomic E-state index is 0.0432. The summed E-state index contributed by atoms with van der Waals surface area (Å²) in [7, 11) is -3.56. The van der Waals surface area contributed by atoms with E-state index in [4.69, 9.17) is 0 Å². The molecule has 0 bridgehead atoms. The molecule has 152 valence electrons. The minimum Gasteiger partial charge on any atom is -0.340 e. The second kappa shape index (κ2) is 9.47. The van der Waals surface area contributed by atoms with Crippen LogP contribution in [0.3, 0.4) is 0 Å². The molecule has 2 aliphatic heterocycles. The number of sulfonamides is 1. The van der Waals surface area contributed by atoms with Crippen molar-refractivity contribution in [3.05, 3.63) is 17.5 Å². The molecule has 3 rings (SSSR count). The van der Waals surface area contributed by atoms with Crippen molar-refractivity contribution in [2.24, 2.45) is 0 Å². The second-order valence-corrected chi connectivity index (χ2v) is 10.2. The van der Waals surface area contributed by atoms with Gasteiger partial charge in [0.1, 0.15) is 4.21 Å². The van der Waals surface area contributed by atoms with Gasteiger partial charge >= 0.3 is 0 Å². The Labute approximate surface area is 166 Å². The van der Waals surface area contributed by atoms with Crippen molar-refractivity contribution >= 4 is 27.3 Å². The van der Waals surface area contributed by atoms with Gasteiger partial charge in [-0.15, -0.1) is 11.3 Å². The maximum atomic E-state index is 13.1. The van der Waals surface area contributed by atoms with Gasteiger partial charge < -0.3 is 10.2 Å². The normalized spacial score (nSPS) is 21.9. The van der Waals surface area contributed by atoms with Crippen LogP contribution in [0.1, 0.15) is 26.2 Å². The van der Waals surface area contributed by atoms with E-state index in [-0.39, 0.29) is 24.9 Å². The number of carbonyl (C=O) groups excluding carboxylic acids is 1. The van der Waals surface area contributed by atoms with Crippen molar-refractivity contribution in [3.63, 3.8) is 0 Å². The third kappa shape index (κ3) is 5.08. The van der Waals surface area contributed by atoms with Crippen molar-refractivity contribution in [3.8, 4) is 0 Å². The minimum atomic E-state index is -3.56.